The Morgan fingerprint density at radius 1 is 0.893 bits per heavy atom. The molecular weight excluding hydrogens is 348 g/mol. The summed E-state index contributed by atoms with van der Waals surface area (Å²) in [7, 11) is 0. The van der Waals surface area contributed by atoms with Crippen LogP contribution in [-0.4, -0.2) is 15.9 Å². The van der Waals surface area contributed by atoms with E-state index in [0.717, 1.165) is 22.2 Å². The highest BCUT2D eigenvalue weighted by atomic mass is 16.1. The van der Waals surface area contributed by atoms with E-state index >= 15 is 0 Å². The Bertz CT molecular complexity index is 1150. The van der Waals surface area contributed by atoms with Gasteiger partial charge in [0, 0.05) is 23.5 Å². The number of rotatable bonds is 4. The van der Waals surface area contributed by atoms with Crippen molar-refractivity contribution in [1.82, 2.24) is 9.97 Å². The van der Waals surface area contributed by atoms with Crippen molar-refractivity contribution in [3.8, 4) is 0 Å². The van der Waals surface area contributed by atoms with Gasteiger partial charge in [-0.3, -0.25) is 9.78 Å². The molecule has 5 heteroatoms. The smallest absolute Gasteiger partial charge is 0.257 e. The van der Waals surface area contributed by atoms with Crippen LogP contribution in [0.25, 0.3) is 10.9 Å². The Morgan fingerprint density at radius 3 is 2.54 bits per heavy atom. The molecule has 0 aliphatic rings. The van der Waals surface area contributed by atoms with Crippen LogP contribution < -0.4 is 10.6 Å². The molecule has 4 rings (SSSR count). The van der Waals surface area contributed by atoms with E-state index in [0.29, 0.717) is 17.1 Å². The minimum absolute atomic E-state index is 0.219. The summed E-state index contributed by atoms with van der Waals surface area (Å²) in [6.07, 6.45) is 3.28. The lowest BCUT2D eigenvalue weighted by atomic mass is 10.1. The Morgan fingerprint density at radius 2 is 1.75 bits per heavy atom. The van der Waals surface area contributed by atoms with Crippen molar-refractivity contribution in [2.24, 2.45) is 0 Å². The quantitative estimate of drug-likeness (QED) is 0.517. The number of anilines is 3. The van der Waals surface area contributed by atoms with Gasteiger partial charge in [-0.1, -0.05) is 35.9 Å². The maximum absolute atomic E-state index is 12.6. The van der Waals surface area contributed by atoms with Gasteiger partial charge in [0.2, 0.25) is 0 Å². The number of aryl methyl sites for hydroxylation is 2. The Kier molecular flexibility index (Phi) is 4.72. The van der Waals surface area contributed by atoms with E-state index in [1.54, 1.807) is 24.5 Å². The van der Waals surface area contributed by atoms with Crippen LogP contribution in [-0.2, 0) is 0 Å². The van der Waals surface area contributed by atoms with Crippen LogP contribution in [0, 0.1) is 13.8 Å². The number of carbonyl (C=O) groups is 1. The van der Waals surface area contributed by atoms with Crippen LogP contribution >= 0.6 is 0 Å². The number of nitrogens with zero attached hydrogens (tertiary/aromatic N) is 2. The number of aromatic nitrogens is 2. The molecule has 0 bridgehead atoms. The summed E-state index contributed by atoms with van der Waals surface area (Å²) in [6, 6.07) is 19.3. The zero-order valence-corrected chi connectivity index (χ0v) is 15.7. The first kappa shape index (κ1) is 17.7. The van der Waals surface area contributed by atoms with Gasteiger partial charge in [-0.05, 0) is 49.7 Å². The van der Waals surface area contributed by atoms with E-state index < -0.39 is 0 Å². The first-order chi connectivity index (χ1) is 13.6. The summed E-state index contributed by atoms with van der Waals surface area (Å²) in [5.41, 5.74) is 5.29. The van der Waals surface area contributed by atoms with Gasteiger partial charge >= 0.3 is 0 Å². The maximum Gasteiger partial charge on any atom is 0.257 e. The number of nitrogens with one attached hydrogen (secondary N) is 2. The summed E-state index contributed by atoms with van der Waals surface area (Å²) < 4.78 is 0. The predicted octanol–water partition coefficient (Wildman–Crippen LogP) is 5.24. The lowest BCUT2D eigenvalue weighted by Gasteiger charge is -2.11. The van der Waals surface area contributed by atoms with Crippen molar-refractivity contribution in [3.05, 3.63) is 89.7 Å². The van der Waals surface area contributed by atoms with Crippen LogP contribution in [0.5, 0.6) is 0 Å². The van der Waals surface area contributed by atoms with Gasteiger partial charge in [0.25, 0.3) is 5.91 Å². The van der Waals surface area contributed by atoms with Gasteiger partial charge < -0.3 is 10.6 Å². The van der Waals surface area contributed by atoms with E-state index in [9.17, 15) is 4.79 Å². The van der Waals surface area contributed by atoms with Gasteiger partial charge in [-0.25, -0.2) is 4.98 Å². The number of pyridine rings is 2. The van der Waals surface area contributed by atoms with Crippen molar-refractivity contribution in [2.45, 2.75) is 13.8 Å². The number of amides is 1. The van der Waals surface area contributed by atoms with Gasteiger partial charge in [0.15, 0.2) is 0 Å². The second-order valence-corrected chi connectivity index (χ2v) is 6.71. The average Bonchev–Trinajstić information content (AvgIpc) is 2.71. The molecule has 0 saturated carbocycles. The molecule has 2 heterocycles. The maximum atomic E-state index is 12.6. The summed E-state index contributed by atoms with van der Waals surface area (Å²) >= 11 is 0. The zero-order valence-electron chi connectivity index (χ0n) is 15.7. The topological polar surface area (TPSA) is 66.9 Å². The minimum atomic E-state index is -0.219. The molecule has 2 aromatic carbocycles. The number of benzene rings is 2. The molecule has 0 spiro atoms. The third-order valence-corrected chi connectivity index (χ3v) is 4.55. The highest BCUT2D eigenvalue weighted by Crippen LogP contribution is 2.22. The van der Waals surface area contributed by atoms with Crippen LogP contribution in [0.15, 0.2) is 73.1 Å². The predicted molar refractivity (Wildman–Crippen MR) is 113 cm³/mol. The van der Waals surface area contributed by atoms with Crippen molar-refractivity contribution in [1.29, 1.82) is 0 Å². The number of para-hydroxylation sites is 1. The normalized spacial score (nSPS) is 10.6. The van der Waals surface area contributed by atoms with E-state index in [4.69, 9.17) is 0 Å². The summed E-state index contributed by atoms with van der Waals surface area (Å²) in [5, 5.41) is 7.19. The molecule has 138 valence electrons. The van der Waals surface area contributed by atoms with Gasteiger partial charge in [-0.15, -0.1) is 0 Å². The first-order valence-electron chi connectivity index (χ1n) is 9.05. The fourth-order valence-corrected chi connectivity index (χ4v) is 3.09. The zero-order chi connectivity index (χ0) is 19.5. The number of fused-ring (bicyclic) bond motifs is 1. The molecule has 0 unspecified atom stereocenters. The number of carbonyl (C=O) groups excluding carboxylic acids is 1. The standard InChI is InChI=1S/C23H20N4O/c1-15-8-10-19(16(2)13-15)26-21-11-9-18(14-25-21)23(28)27-20-7-3-5-17-6-4-12-24-22(17)20/h3-14H,1-2H3,(H,25,26)(H,27,28). The Labute approximate surface area is 163 Å². The monoisotopic (exact) mass is 368 g/mol. The molecule has 0 aliphatic heterocycles. The largest absolute Gasteiger partial charge is 0.340 e. The number of hydrogen-bond donors (Lipinski definition) is 2. The fourth-order valence-electron chi connectivity index (χ4n) is 3.09. The summed E-state index contributed by atoms with van der Waals surface area (Å²) in [5.74, 6) is 0.471. The van der Waals surface area contributed by atoms with Crippen molar-refractivity contribution >= 4 is 34.0 Å². The third kappa shape index (κ3) is 3.69. The Hall–Kier alpha value is -3.73. The van der Waals surface area contributed by atoms with E-state index in [1.807, 2.05) is 36.4 Å². The molecule has 4 aromatic rings. The SMILES string of the molecule is Cc1ccc(Nc2ccc(C(=O)Nc3cccc4cccnc34)cn2)c(C)c1. The van der Waals surface area contributed by atoms with Gasteiger partial charge in [0.05, 0.1) is 16.8 Å². The second kappa shape index (κ2) is 7.48. The van der Waals surface area contributed by atoms with Crippen molar-refractivity contribution < 1.29 is 4.79 Å². The minimum Gasteiger partial charge on any atom is -0.340 e. The van der Waals surface area contributed by atoms with E-state index in [2.05, 4.69) is 46.6 Å². The molecular formula is C23H20N4O. The van der Waals surface area contributed by atoms with Crippen LogP contribution in [0.1, 0.15) is 21.5 Å². The average molecular weight is 368 g/mol. The molecule has 28 heavy (non-hydrogen) atoms. The second-order valence-electron chi connectivity index (χ2n) is 6.71. The summed E-state index contributed by atoms with van der Waals surface area (Å²) in [6.45, 7) is 4.11. The summed E-state index contributed by atoms with van der Waals surface area (Å²) in [4.78, 5) is 21.4. The first-order valence-corrected chi connectivity index (χ1v) is 9.05. The fraction of sp³-hybridized carbons (Fsp3) is 0.0870. The van der Waals surface area contributed by atoms with Crippen molar-refractivity contribution in [3.63, 3.8) is 0 Å². The third-order valence-electron chi connectivity index (χ3n) is 4.55. The molecule has 0 radical (unpaired) electrons. The molecule has 2 N–H and O–H groups in total. The van der Waals surface area contributed by atoms with E-state index in [-0.39, 0.29) is 5.91 Å². The highest BCUT2D eigenvalue weighted by Gasteiger charge is 2.10. The molecule has 0 saturated heterocycles. The van der Waals surface area contributed by atoms with Gasteiger partial charge in [-0.2, -0.15) is 0 Å². The molecule has 1 amide bonds. The highest BCUT2D eigenvalue weighted by molar-refractivity contribution is 6.08. The van der Waals surface area contributed by atoms with Crippen LogP contribution in [0.4, 0.5) is 17.2 Å². The van der Waals surface area contributed by atoms with E-state index in [1.165, 1.54) is 5.56 Å². The Balaban J connectivity index is 1.51. The molecule has 0 aliphatic carbocycles. The van der Waals surface area contributed by atoms with Crippen molar-refractivity contribution in [2.75, 3.05) is 10.6 Å². The van der Waals surface area contributed by atoms with Crippen LogP contribution in [0.2, 0.25) is 0 Å². The van der Waals surface area contributed by atoms with Gasteiger partial charge in [0.1, 0.15) is 5.82 Å². The number of hydrogen-bond acceptors (Lipinski definition) is 4. The molecule has 2 aromatic heterocycles. The molecule has 5 nitrogen and oxygen atoms in total. The lowest BCUT2D eigenvalue weighted by molar-refractivity contribution is 0.102. The molecule has 0 atom stereocenters. The van der Waals surface area contributed by atoms with Crippen LogP contribution in [0.3, 0.4) is 0 Å². The lowest BCUT2D eigenvalue weighted by Crippen LogP contribution is -2.13. The molecule has 0 fully saturated rings.